The molecule has 1 amide bonds. The van der Waals surface area contributed by atoms with Gasteiger partial charge in [0.05, 0.1) is 0 Å². The van der Waals surface area contributed by atoms with Crippen molar-refractivity contribution in [3.63, 3.8) is 0 Å². The van der Waals surface area contributed by atoms with Gasteiger partial charge in [-0.25, -0.2) is 14.7 Å². The summed E-state index contributed by atoms with van der Waals surface area (Å²) in [5.74, 6) is 0. The second-order valence-electron chi connectivity index (χ2n) is 5.01. The molecule has 0 aliphatic rings. The Balaban J connectivity index is 2.48. The first-order valence-electron chi connectivity index (χ1n) is 5.49. The molecule has 0 atom stereocenters. The van der Waals surface area contributed by atoms with E-state index in [0.717, 1.165) is 10.9 Å². The van der Waals surface area contributed by atoms with Gasteiger partial charge in [0.15, 0.2) is 5.13 Å². The molecule has 0 aromatic carbocycles. The number of carboxylic acid groups (broad SMARTS) is 1. The van der Waals surface area contributed by atoms with Crippen LogP contribution in [0, 0.1) is 0 Å². The molecule has 0 saturated carbocycles. The van der Waals surface area contributed by atoms with Crippen molar-refractivity contribution in [2.24, 2.45) is 0 Å². The van der Waals surface area contributed by atoms with E-state index in [1.807, 2.05) is 0 Å². The summed E-state index contributed by atoms with van der Waals surface area (Å²) in [6.07, 6.45) is -1.05. The van der Waals surface area contributed by atoms with Gasteiger partial charge < -0.3 is 9.84 Å². The Morgan fingerprint density at radius 1 is 1.61 bits per heavy atom. The number of amides is 1. The molecule has 0 saturated heterocycles. The molecule has 0 fully saturated rings. The molecule has 0 aliphatic carbocycles. The summed E-state index contributed by atoms with van der Waals surface area (Å²) in [6.45, 7) is 7.38. The highest BCUT2D eigenvalue weighted by Gasteiger charge is 2.19. The second kappa shape index (κ2) is 6.64. The summed E-state index contributed by atoms with van der Waals surface area (Å²) in [4.78, 5) is 16.3. The normalized spacial score (nSPS) is 11.6. The third kappa shape index (κ3) is 5.47. The summed E-state index contributed by atoms with van der Waals surface area (Å²) in [5, 5.41) is 11.3. The number of rotatable bonds is 6. The predicted molar refractivity (Wildman–Crippen MR) is 79.3 cm³/mol. The average Bonchev–Trinajstić information content (AvgIpc) is 2.62. The van der Waals surface area contributed by atoms with Crippen LogP contribution in [-0.2, 0) is 4.74 Å². The smallest absolute Gasteiger partial charge is 0.415 e. The van der Waals surface area contributed by atoms with Crippen molar-refractivity contribution in [2.75, 3.05) is 18.2 Å². The number of hydrogen-bond acceptors (Lipinski definition) is 4. The second-order valence-corrected chi connectivity index (χ2v) is 12.3. The molecule has 0 bridgehead atoms. The largest absolute Gasteiger partial charge is 0.465 e. The van der Waals surface area contributed by atoms with Gasteiger partial charge in [0.2, 0.25) is 0 Å². The summed E-state index contributed by atoms with van der Waals surface area (Å²) in [7, 11) is -1.14. The number of anilines is 1. The number of ether oxygens (including phenoxy) is 1. The molecule has 18 heavy (non-hydrogen) atoms. The average molecular weight is 353 g/mol. The fourth-order valence-electron chi connectivity index (χ4n) is 1.10. The van der Waals surface area contributed by atoms with E-state index >= 15 is 0 Å². The molecular formula is C10H17BrN2O3SSi. The molecule has 1 aromatic rings. The zero-order valence-electron chi connectivity index (χ0n) is 10.6. The highest BCUT2D eigenvalue weighted by Crippen LogP contribution is 2.23. The molecule has 0 aliphatic heterocycles. The lowest BCUT2D eigenvalue weighted by molar-refractivity contribution is 0.137. The van der Waals surface area contributed by atoms with Crippen LogP contribution in [0.15, 0.2) is 9.98 Å². The van der Waals surface area contributed by atoms with Crippen molar-refractivity contribution in [3.05, 3.63) is 9.98 Å². The SMILES string of the molecule is C[Si](C)(C)CCOCN(C(=O)O)c1nc(Br)cs1. The number of nitrogens with zero attached hydrogens (tertiary/aromatic N) is 2. The van der Waals surface area contributed by atoms with Gasteiger partial charge in [-0.2, -0.15) is 0 Å². The molecular weight excluding hydrogens is 336 g/mol. The first-order valence-corrected chi connectivity index (χ1v) is 10.9. The topological polar surface area (TPSA) is 62.7 Å². The molecule has 1 rings (SSSR count). The highest BCUT2D eigenvalue weighted by molar-refractivity contribution is 9.10. The predicted octanol–water partition coefficient (Wildman–Crippen LogP) is 3.70. The molecule has 0 unspecified atom stereocenters. The molecule has 0 radical (unpaired) electrons. The molecule has 1 N–H and O–H groups in total. The van der Waals surface area contributed by atoms with E-state index in [1.54, 1.807) is 5.38 Å². The Kier molecular flexibility index (Phi) is 5.76. The number of hydrogen-bond donors (Lipinski definition) is 1. The van der Waals surface area contributed by atoms with E-state index in [9.17, 15) is 4.79 Å². The molecule has 102 valence electrons. The lowest BCUT2D eigenvalue weighted by atomic mass is 10.8. The van der Waals surface area contributed by atoms with Crippen LogP contribution >= 0.6 is 27.3 Å². The van der Waals surface area contributed by atoms with Gasteiger partial charge in [0.25, 0.3) is 0 Å². The Labute approximate surface area is 120 Å². The highest BCUT2D eigenvalue weighted by atomic mass is 79.9. The minimum absolute atomic E-state index is 0.0275. The van der Waals surface area contributed by atoms with Gasteiger partial charge in [0, 0.05) is 20.1 Å². The zero-order valence-corrected chi connectivity index (χ0v) is 14.0. The van der Waals surface area contributed by atoms with Crippen molar-refractivity contribution >= 4 is 46.6 Å². The maximum absolute atomic E-state index is 11.1. The van der Waals surface area contributed by atoms with E-state index < -0.39 is 14.2 Å². The molecule has 1 heterocycles. The van der Waals surface area contributed by atoms with Crippen LogP contribution < -0.4 is 4.90 Å². The van der Waals surface area contributed by atoms with Crippen LogP contribution in [0.25, 0.3) is 0 Å². The summed E-state index contributed by atoms with van der Waals surface area (Å²) >= 11 is 4.47. The van der Waals surface area contributed by atoms with Crippen molar-refractivity contribution in [1.82, 2.24) is 4.98 Å². The monoisotopic (exact) mass is 352 g/mol. The molecule has 0 spiro atoms. The van der Waals surface area contributed by atoms with Crippen LogP contribution in [0.5, 0.6) is 0 Å². The third-order valence-corrected chi connectivity index (χ3v) is 5.42. The van der Waals surface area contributed by atoms with Crippen LogP contribution in [0.4, 0.5) is 9.93 Å². The lowest BCUT2D eigenvalue weighted by Crippen LogP contribution is -2.32. The van der Waals surface area contributed by atoms with Gasteiger partial charge in [-0.05, 0) is 22.0 Å². The first kappa shape index (κ1) is 15.6. The van der Waals surface area contributed by atoms with Crippen molar-refractivity contribution in [2.45, 2.75) is 25.7 Å². The van der Waals surface area contributed by atoms with Gasteiger partial charge in [0.1, 0.15) is 11.3 Å². The Bertz CT molecular complexity index is 408. The molecule has 5 nitrogen and oxygen atoms in total. The summed E-state index contributed by atoms with van der Waals surface area (Å²) < 4.78 is 6.06. The maximum atomic E-state index is 11.1. The lowest BCUT2D eigenvalue weighted by Gasteiger charge is -2.19. The molecule has 8 heteroatoms. The first-order chi connectivity index (χ1) is 8.29. The van der Waals surface area contributed by atoms with Gasteiger partial charge in [-0.3, -0.25) is 0 Å². The maximum Gasteiger partial charge on any atom is 0.415 e. The van der Waals surface area contributed by atoms with Crippen LogP contribution in [0.3, 0.4) is 0 Å². The summed E-state index contributed by atoms with van der Waals surface area (Å²) in [5.41, 5.74) is 0. The Hall–Kier alpha value is -0.443. The van der Waals surface area contributed by atoms with E-state index in [-0.39, 0.29) is 6.73 Å². The quantitative estimate of drug-likeness (QED) is 0.481. The number of aromatic nitrogens is 1. The Morgan fingerprint density at radius 2 is 2.28 bits per heavy atom. The van der Waals surface area contributed by atoms with Crippen LogP contribution in [0.1, 0.15) is 0 Å². The zero-order chi connectivity index (χ0) is 13.8. The fraction of sp³-hybridized carbons (Fsp3) is 0.600. The molecule has 1 aromatic heterocycles. The third-order valence-electron chi connectivity index (χ3n) is 2.14. The number of halogens is 1. The minimum atomic E-state index is -1.14. The van der Waals surface area contributed by atoms with Gasteiger partial charge in [-0.1, -0.05) is 19.6 Å². The van der Waals surface area contributed by atoms with Gasteiger partial charge >= 0.3 is 6.09 Å². The van der Waals surface area contributed by atoms with E-state index in [2.05, 4.69) is 40.6 Å². The number of thiazole rings is 1. The van der Waals surface area contributed by atoms with Gasteiger partial charge in [-0.15, -0.1) is 11.3 Å². The fourth-order valence-corrected chi connectivity index (χ4v) is 3.08. The number of carbonyl (C=O) groups is 1. The van der Waals surface area contributed by atoms with E-state index in [4.69, 9.17) is 9.84 Å². The standard InChI is InChI=1S/C10H17BrN2O3SSi/c1-18(2,3)5-4-16-7-13(10(14)15)9-12-8(11)6-17-9/h6H,4-5,7H2,1-3H3,(H,14,15). The summed E-state index contributed by atoms with van der Waals surface area (Å²) in [6, 6.07) is 1.02. The van der Waals surface area contributed by atoms with Crippen molar-refractivity contribution in [1.29, 1.82) is 0 Å². The Morgan fingerprint density at radius 3 is 2.72 bits per heavy atom. The van der Waals surface area contributed by atoms with Crippen LogP contribution in [-0.4, -0.2) is 37.6 Å². The van der Waals surface area contributed by atoms with E-state index in [0.29, 0.717) is 16.3 Å². The van der Waals surface area contributed by atoms with Crippen molar-refractivity contribution in [3.8, 4) is 0 Å². The van der Waals surface area contributed by atoms with E-state index in [1.165, 1.54) is 11.3 Å². The minimum Gasteiger partial charge on any atom is -0.465 e. The van der Waals surface area contributed by atoms with Crippen molar-refractivity contribution < 1.29 is 14.6 Å². The van der Waals surface area contributed by atoms with Crippen LogP contribution in [0.2, 0.25) is 25.7 Å².